The van der Waals surface area contributed by atoms with Gasteiger partial charge in [0.1, 0.15) is 10.6 Å². The number of hydrogen-bond acceptors (Lipinski definition) is 7. The Kier molecular flexibility index (Phi) is 7.15. The lowest BCUT2D eigenvalue weighted by Gasteiger charge is -2.31. The van der Waals surface area contributed by atoms with Gasteiger partial charge < -0.3 is 11.1 Å². The van der Waals surface area contributed by atoms with E-state index in [-0.39, 0.29) is 16.5 Å². The van der Waals surface area contributed by atoms with Crippen LogP contribution in [0.15, 0.2) is 59.8 Å². The van der Waals surface area contributed by atoms with E-state index in [1.165, 1.54) is 16.6 Å². The fraction of sp³-hybridized carbons (Fsp3) is 0.296. The number of para-hydroxylation sites is 1. The summed E-state index contributed by atoms with van der Waals surface area (Å²) in [7, 11) is -3.57. The molecule has 0 spiro atoms. The van der Waals surface area contributed by atoms with Gasteiger partial charge in [0.25, 0.3) is 11.8 Å². The van der Waals surface area contributed by atoms with Crippen LogP contribution in [-0.4, -0.2) is 57.4 Å². The minimum atomic E-state index is -3.57. The van der Waals surface area contributed by atoms with Gasteiger partial charge in [0, 0.05) is 37.4 Å². The summed E-state index contributed by atoms with van der Waals surface area (Å²) in [6.45, 7) is 5.15. The summed E-state index contributed by atoms with van der Waals surface area (Å²) in [6, 6.07) is 11.6. The second-order valence-corrected chi connectivity index (χ2v) is 11.6. The van der Waals surface area contributed by atoms with Crippen molar-refractivity contribution >= 4 is 38.4 Å². The van der Waals surface area contributed by atoms with Gasteiger partial charge in [-0.3, -0.25) is 19.3 Å². The lowest BCUT2D eigenvalue weighted by atomic mass is 9.98. The number of carbonyl (C=O) groups is 2. The zero-order valence-electron chi connectivity index (χ0n) is 21.7. The molecule has 3 aromatic heterocycles. The molecular weight excluding hydrogens is 518 g/mol. The highest BCUT2D eigenvalue weighted by Crippen LogP contribution is 2.28. The van der Waals surface area contributed by atoms with E-state index >= 15 is 0 Å². The van der Waals surface area contributed by atoms with Gasteiger partial charge in [-0.15, -0.1) is 0 Å². The van der Waals surface area contributed by atoms with Crippen molar-refractivity contribution in [3.05, 3.63) is 77.5 Å². The van der Waals surface area contributed by atoms with Crippen LogP contribution in [0, 0.1) is 19.8 Å². The molecule has 11 nitrogen and oxygen atoms in total. The van der Waals surface area contributed by atoms with Crippen LogP contribution in [0.5, 0.6) is 0 Å². The zero-order valence-corrected chi connectivity index (χ0v) is 22.5. The van der Waals surface area contributed by atoms with Crippen molar-refractivity contribution in [1.82, 2.24) is 24.1 Å². The normalized spacial score (nSPS) is 14.9. The van der Waals surface area contributed by atoms with E-state index in [1.54, 1.807) is 42.6 Å². The topological polar surface area (TPSA) is 153 Å². The maximum atomic E-state index is 13.4. The highest BCUT2D eigenvalue weighted by atomic mass is 32.2. The van der Waals surface area contributed by atoms with Crippen LogP contribution < -0.4 is 11.1 Å². The number of aromatic nitrogens is 4. The third-order valence-electron chi connectivity index (χ3n) is 7.11. The SMILES string of the molecule is Cc1nn(CC2CCN(S(=O)(=O)c3cccnc3)CC2)c(C)c1NC(=O)c1cc(C(N)=O)nc2ccccc12. The van der Waals surface area contributed by atoms with E-state index < -0.39 is 21.8 Å². The Balaban J connectivity index is 1.30. The second kappa shape index (κ2) is 10.5. The number of sulfonamides is 1. The molecule has 1 aliphatic heterocycles. The lowest BCUT2D eigenvalue weighted by Crippen LogP contribution is -2.39. The number of nitrogens with one attached hydrogen (secondary N) is 1. The van der Waals surface area contributed by atoms with Crippen LogP contribution in [-0.2, 0) is 16.6 Å². The molecule has 0 radical (unpaired) electrons. The van der Waals surface area contributed by atoms with Crippen LogP contribution in [0.1, 0.15) is 45.1 Å². The van der Waals surface area contributed by atoms with Crippen molar-refractivity contribution in [3.8, 4) is 0 Å². The highest BCUT2D eigenvalue weighted by Gasteiger charge is 2.30. The molecule has 1 aromatic carbocycles. The van der Waals surface area contributed by atoms with Crippen molar-refractivity contribution in [2.45, 2.75) is 38.1 Å². The molecule has 4 heterocycles. The third-order valence-corrected chi connectivity index (χ3v) is 8.99. The van der Waals surface area contributed by atoms with Crippen molar-refractivity contribution < 1.29 is 18.0 Å². The molecular formula is C27H29N7O4S. The number of anilines is 1. The molecule has 39 heavy (non-hydrogen) atoms. The first-order chi connectivity index (χ1) is 18.6. The number of fused-ring (bicyclic) bond motifs is 1. The van der Waals surface area contributed by atoms with E-state index in [0.717, 1.165) is 5.69 Å². The molecule has 5 rings (SSSR count). The molecule has 0 bridgehead atoms. The molecule has 0 unspecified atom stereocenters. The summed E-state index contributed by atoms with van der Waals surface area (Å²) in [5.74, 6) is -0.876. The third kappa shape index (κ3) is 5.25. The number of rotatable bonds is 7. The molecule has 12 heteroatoms. The number of benzene rings is 1. The molecule has 0 aliphatic carbocycles. The Bertz CT molecular complexity index is 1660. The Labute approximate surface area is 226 Å². The van der Waals surface area contributed by atoms with Gasteiger partial charge >= 0.3 is 0 Å². The number of primary amides is 1. The second-order valence-electron chi connectivity index (χ2n) is 9.65. The van der Waals surface area contributed by atoms with E-state index in [0.29, 0.717) is 60.3 Å². The molecule has 4 aromatic rings. The maximum absolute atomic E-state index is 13.4. The summed E-state index contributed by atoms with van der Waals surface area (Å²) in [5.41, 5.74) is 8.30. The maximum Gasteiger partial charge on any atom is 0.267 e. The fourth-order valence-corrected chi connectivity index (χ4v) is 6.39. The van der Waals surface area contributed by atoms with Crippen molar-refractivity contribution in [3.63, 3.8) is 0 Å². The average molecular weight is 548 g/mol. The smallest absolute Gasteiger partial charge is 0.267 e. The fourth-order valence-electron chi connectivity index (χ4n) is 4.95. The summed E-state index contributed by atoms with van der Waals surface area (Å²) in [4.78, 5) is 33.5. The van der Waals surface area contributed by atoms with Crippen LogP contribution in [0.2, 0.25) is 0 Å². The molecule has 1 saturated heterocycles. The van der Waals surface area contributed by atoms with Crippen LogP contribution in [0.25, 0.3) is 10.9 Å². The Morgan fingerprint density at radius 2 is 1.85 bits per heavy atom. The molecule has 1 aliphatic rings. The van der Waals surface area contributed by atoms with Gasteiger partial charge in [-0.2, -0.15) is 9.40 Å². The number of hydrogen-bond donors (Lipinski definition) is 2. The largest absolute Gasteiger partial charge is 0.364 e. The number of piperidine rings is 1. The van der Waals surface area contributed by atoms with Gasteiger partial charge in [-0.25, -0.2) is 13.4 Å². The first kappa shape index (κ1) is 26.4. The molecule has 1 fully saturated rings. The van der Waals surface area contributed by atoms with Gasteiger partial charge in [0.05, 0.1) is 28.2 Å². The van der Waals surface area contributed by atoms with E-state index in [4.69, 9.17) is 5.73 Å². The van der Waals surface area contributed by atoms with Gasteiger partial charge in [0.2, 0.25) is 10.0 Å². The quantitative estimate of drug-likeness (QED) is 0.361. The van der Waals surface area contributed by atoms with Gasteiger partial charge in [-0.05, 0) is 56.9 Å². The van der Waals surface area contributed by atoms with E-state index in [1.807, 2.05) is 18.5 Å². The Morgan fingerprint density at radius 3 is 2.54 bits per heavy atom. The molecule has 0 saturated carbocycles. The predicted molar refractivity (Wildman–Crippen MR) is 146 cm³/mol. The van der Waals surface area contributed by atoms with Crippen LogP contribution in [0.3, 0.4) is 0 Å². The average Bonchev–Trinajstić information content (AvgIpc) is 3.20. The number of nitrogens with two attached hydrogens (primary N) is 1. The summed E-state index contributed by atoms with van der Waals surface area (Å²) < 4.78 is 29.2. The standard InChI is InChI=1S/C27H29N7O4S/c1-17-25(31-27(36)22-14-24(26(28)35)30-23-8-4-3-7-21(22)23)18(2)34(32-17)16-19-9-12-33(13-10-19)39(37,38)20-6-5-11-29-15-20/h3-8,11,14-15,19H,9-10,12-13,16H2,1-2H3,(H2,28,35)(H,31,36). The Hall–Kier alpha value is -4.16. The molecule has 2 amide bonds. The van der Waals surface area contributed by atoms with Crippen molar-refractivity contribution in [1.29, 1.82) is 0 Å². The van der Waals surface area contributed by atoms with Crippen LogP contribution >= 0.6 is 0 Å². The molecule has 3 N–H and O–H groups in total. The van der Waals surface area contributed by atoms with E-state index in [2.05, 4.69) is 20.4 Å². The number of carbonyl (C=O) groups excluding carboxylic acids is 2. The monoisotopic (exact) mass is 547 g/mol. The first-order valence-corrected chi connectivity index (χ1v) is 14.0. The van der Waals surface area contributed by atoms with Crippen molar-refractivity contribution in [2.24, 2.45) is 11.7 Å². The minimum absolute atomic E-state index is 0.0138. The number of amides is 2. The summed E-state index contributed by atoms with van der Waals surface area (Å²) in [6.07, 6.45) is 4.31. The lowest BCUT2D eigenvalue weighted by molar-refractivity contribution is 0.0996. The van der Waals surface area contributed by atoms with Crippen LogP contribution in [0.4, 0.5) is 5.69 Å². The molecule has 202 valence electrons. The minimum Gasteiger partial charge on any atom is -0.364 e. The van der Waals surface area contributed by atoms with E-state index in [9.17, 15) is 18.0 Å². The highest BCUT2D eigenvalue weighted by molar-refractivity contribution is 7.89. The van der Waals surface area contributed by atoms with Gasteiger partial charge in [-0.1, -0.05) is 18.2 Å². The molecule has 0 atom stereocenters. The number of nitrogens with zero attached hydrogens (tertiary/aromatic N) is 5. The van der Waals surface area contributed by atoms with Gasteiger partial charge in [0.15, 0.2) is 0 Å². The number of aryl methyl sites for hydroxylation is 1. The summed E-state index contributed by atoms with van der Waals surface area (Å²) >= 11 is 0. The van der Waals surface area contributed by atoms with Crippen molar-refractivity contribution in [2.75, 3.05) is 18.4 Å². The first-order valence-electron chi connectivity index (χ1n) is 12.6. The Morgan fingerprint density at radius 1 is 1.10 bits per heavy atom. The number of pyridine rings is 2. The zero-order chi connectivity index (χ0) is 27.7. The predicted octanol–water partition coefficient (Wildman–Crippen LogP) is 2.90. The summed E-state index contributed by atoms with van der Waals surface area (Å²) in [5, 5.41) is 8.22.